The van der Waals surface area contributed by atoms with Gasteiger partial charge in [0.1, 0.15) is 0 Å². The highest BCUT2D eigenvalue weighted by Crippen LogP contribution is 2.34. The van der Waals surface area contributed by atoms with Crippen molar-refractivity contribution in [3.05, 3.63) is 0 Å². The van der Waals surface area contributed by atoms with E-state index in [0.29, 0.717) is 6.54 Å². The molecule has 0 saturated carbocycles. The largest absolute Gasteiger partial charge is 0.373 e. The lowest BCUT2D eigenvalue weighted by atomic mass is 9.96. The van der Waals surface area contributed by atoms with Crippen LogP contribution in [0.5, 0.6) is 0 Å². The molecule has 0 aromatic heterocycles. The zero-order valence-electron chi connectivity index (χ0n) is 9.61. The van der Waals surface area contributed by atoms with Crippen molar-refractivity contribution in [3.8, 4) is 0 Å². The van der Waals surface area contributed by atoms with Gasteiger partial charge in [-0.25, -0.2) is 13.1 Å². The van der Waals surface area contributed by atoms with Gasteiger partial charge in [-0.15, -0.1) is 0 Å². The number of fused-ring (bicyclic) bond motifs is 2. The predicted octanol–water partition coefficient (Wildman–Crippen LogP) is -0.165. The number of hydrogen-bond donors (Lipinski definition) is 2. The summed E-state index contributed by atoms with van der Waals surface area (Å²) in [7, 11) is -3.15. The third-order valence-corrected chi connectivity index (χ3v) is 4.64. The molecule has 0 aromatic carbocycles. The van der Waals surface area contributed by atoms with E-state index in [9.17, 15) is 8.42 Å². The zero-order valence-corrected chi connectivity index (χ0v) is 10.4. The molecule has 16 heavy (non-hydrogen) atoms. The van der Waals surface area contributed by atoms with Gasteiger partial charge in [0.05, 0.1) is 24.0 Å². The monoisotopic (exact) mass is 248 g/mol. The van der Waals surface area contributed by atoms with Crippen molar-refractivity contribution < 1.29 is 13.2 Å². The molecular formula is C10H20N2O3S. The topological polar surface area (TPSA) is 67.4 Å². The molecule has 3 atom stereocenters. The molecule has 0 radical (unpaired) electrons. The Labute approximate surface area is 97.0 Å². The maximum absolute atomic E-state index is 11.7. The fraction of sp³-hybridized carbons (Fsp3) is 1.00. The van der Waals surface area contributed by atoms with Crippen LogP contribution in [-0.4, -0.2) is 45.5 Å². The molecule has 94 valence electrons. The van der Waals surface area contributed by atoms with Crippen molar-refractivity contribution in [2.75, 3.05) is 18.8 Å². The second kappa shape index (κ2) is 5.00. The molecule has 0 amide bonds. The Bertz CT molecular complexity index is 331. The van der Waals surface area contributed by atoms with Gasteiger partial charge in [-0.05, 0) is 25.8 Å². The van der Waals surface area contributed by atoms with Crippen LogP contribution in [0, 0.1) is 0 Å². The first-order chi connectivity index (χ1) is 7.61. The summed E-state index contributed by atoms with van der Waals surface area (Å²) < 4.78 is 31.8. The number of rotatable bonds is 6. The van der Waals surface area contributed by atoms with E-state index in [4.69, 9.17) is 4.74 Å². The van der Waals surface area contributed by atoms with E-state index in [0.717, 1.165) is 25.8 Å². The molecule has 0 spiro atoms. The van der Waals surface area contributed by atoms with Crippen LogP contribution < -0.4 is 10.0 Å². The SMILES string of the molecule is CCNCCS(=O)(=O)NC1CC2CCC1O2. The van der Waals surface area contributed by atoms with Crippen LogP contribution in [0.3, 0.4) is 0 Å². The number of sulfonamides is 1. The van der Waals surface area contributed by atoms with E-state index < -0.39 is 10.0 Å². The van der Waals surface area contributed by atoms with E-state index in [-0.39, 0.29) is 24.0 Å². The first-order valence-electron chi connectivity index (χ1n) is 5.97. The van der Waals surface area contributed by atoms with Gasteiger partial charge < -0.3 is 10.1 Å². The van der Waals surface area contributed by atoms with Crippen LogP contribution in [0.2, 0.25) is 0 Å². The van der Waals surface area contributed by atoms with E-state index in [1.54, 1.807) is 0 Å². The quantitative estimate of drug-likeness (QED) is 0.641. The molecular weight excluding hydrogens is 228 g/mol. The van der Waals surface area contributed by atoms with Crippen LogP contribution in [0.1, 0.15) is 26.2 Å². The minimum Gasteiger partial charge on any atom is -0.373 e. The predicted molar refractivity (Wildman–Crippen MR) is 61.8 cm³/mol. The summed E-state index contributed by atoms with van der Waals surface area (Å²) in [6.45, 7) is 3.27. The molecule has 0 aliphatic carbocycles. The first kappa shape index (κ1) is 12.3. The van der Waals surface area contributed by atoms with Gasteiger partial charge in [0.15, 0.2) is 0 Å². The van der Waals surface area contributed by atoms with Crippen molar-refractivity contribution in [1.29, 1.82) is 0 Å². The molecule has 0 aromatic rings. The maximum Gasteiger partial charge on any atom is 0.213 e. The Morgan fingerprint density at radius 3 is 2.75 bits per heavy atom. The summed E-state index contributed by atoms with van der Waals surface area (Å²) in [5, 5.41) is 3.01. The Hall–Kier alpha value is -0.170. The summed E-state index contributed by atoms with van der Waals surface area (Å²) >= 11 is 0. The summed E-state index contributed by atoms with van der Waals surface area (Å²) in [6, 6.07) is 0.00498. The molecule has 2 bridgehead atoms. The molecule has 2 heterocycles. The molecule has 6 heteroatoms. The highest BCUT2D eigenvalue weighted by atomic mass is 32.2. The molecule has 3 unspecified atom stereocenters. The number of hydrogen-bond acceptors (Lipinski definition) is 4. The molecule has 2 N–H and O–H groups in total. The van der Waals surface area contributed by atoms with Crippen LogP contribution in [-0.2, 0) is 14.8 Å². The van der Waals surface area contributed by atoms with Gasteiger partial charge in [0.25, 0.3) is 0 Å². The average Bonchev–Trinajstić information content (AvgIpc) is 2.78. The lowest BCUT2D eigenvalue weighted by molar-refractivity contribution is 0.0996. The minimum absolute atomic E-state index is 0.00498. The maximum atomic E-state index is 11.7. The van der Waals surface area contributed by atoms with Crippen LogP contribution in [0.4, 0.5) is 0 Å². The van der Waals surface area contributed by atoms with E-state index >= 15 is 0 Å². The average molecular weight is 248 g/mol. The van der Waals surface area contributed by atoms with Gasteiger partial charge in [-0.3, -0.25) is 0 Å². The molecule has 2 rings (SSSR count). The van der Waals surface area contributed by atoms with Gasteiger partial charge in [0.2, 0.25) is 10.0 Å². The first-order valence-corrected chi connectivity index (χ1v) is 7.62. The van der Waals surface area contributed by atoms with Crippen LogP contribution in [0.25, 0.3) is 0 Å². The third kappa shape index (κ3) is 2.94. The highest BCUT2D eigenvalue weighted by Gasteiger charge is 2.42. The Balaban J connectivity index is 1.80. The smallest absolute Gasteiger partial charge is 0.213 e. The minimum atomic E-state index is -3.15. The highest BCUT2D eigenvalue weighted by molar-refractivity contribution is 7.89. The van der Waals surface area contributed by atoms with Gasteiger partial charge in [-0.1, -0.05) is 6.92 Å². The molecule has 2 aliphatic rings. The Morgan fingerprint density at radius 2 is 2.19 bits per heavy atom. The zero-order chi connectivity index (χ0) is 11.6. The lowest BCUT2D eigenvalue weighted by Gasteiger charge is -2.19. The standard InChI is InChI=1S/C10H20N2O3S/c1-2-11-5-6-16(13,14)12-9-7-8-3-4-10(9)15-8/h8-12H,2-7H2,1H3. The third-order valence-electron chi connectivity index (χ3n) is 3.23. The van der Waals surface area contributed by atoms with Crippen molar-refractivity contribution in [1.82, 2.24) is 10.0 Å². The van der Waals surface area contributed by atoms with E-state index in [1.165, 1.54) is 0 Å². The van der Waals surface area contributed by atoms with Gasteiger partial charge in [-0.2, -0.15) is 0 Å². The molecule has 2 saturated heterocycles. The Kier molecular flexibility index (Phi) is 3.84. The summed E-state index contributed by atoms with van der Waals surface area (Å²) in [6.07, 6.45) is 3.31. The lowest BCUT2D eigenvalue weighted by Crippen LogP contribution is -2.43. The number of ether oxygens (including phenoxy) is 1. The fourth-order valence-electron chi connectivity index (χ4n) is 2.43. The molecule has 2 aliphatic heterocycles. The second-order valence-corrected chi connectivity index (χ2v) is 6.38. The number of nitrogens with one attached hydrogen (secondary N) is 2. The fourth-order valence-corrected chi connectivity index (χ4v) is 3.67. The van der Waals surface area contributed by atoms with E-state index in [2.05, 4.69) is 10.0 Å². The van der Waals surface area contributed by atoms with Gasteiger partial charge >= 0.3 is 0 Å². The summed E-state index contributed by atoms with van der Waals surface area (Å²) in [4.78, 5) is 0. The van der Waals surface area contributed by atoms with Crippen molar-refractivity contribution >= 4 is 10.0 Å². The van der Waals surface area contributed by atoms with Crippen molar-refractivity contribution in [2.24, 2.45) is 0 Å². The van der Waals surface area contributed by atoms with Crippen LogP contribution >= 0.6 is 0 Å². The van der Waals surface area contributed by atoms with Gasteiger partial charge in [0, 0.05) is 6.54 Å². The second-order valence-electron chi connectivity index (χ2n) is 4.51. The van der Waals surface area contributed by atoms with Crippen molar-refractivity contribution in [3.63, 3.8) is 0 Å². The molecule has 5 nitrogen and oxygen atoms in total. The van der Waals surface area contributed by atoms with Crippen molar-refractivity contribution in [2.45, 2.75) is 44.4 Å². The summed E-state index contributed by atoms with van der Waals surface area (Å²) in [5.41, 5.74) is 0. The summed E-state index contributed by atoms with van der Waals surface area (Å²) in [5.74, 6) is 0.148. The Morgan fingerprint density at radius 1 is 1.38 bits per heavy atom. The van der Waals surface area contributed by atoms with E-state index in [1.807, 2.05) is 6.92 Å². The molecule has 2 fully saturated rings. The normalized spacial score (nSPS) is 33.4. The van der Waals surface area contributed by atoms with Crippen LogP contribution in [0.15, 0.2) is 0 Å².